The van der Waals surface area contributed by atoms with Crippen LogP contribution in [0.5, 0.6) is 0 Å². The Hall–Kier alpha value is -1.89. The van der Waals surface area contributed by atoms with Crippen molar-refractivity contribution in [2.45, 2.75) is 19.4 Å². The van der Waals surface area contributed by atoms with E-state index in [1.54, 1.807) is 0 Å². The van der Waals surface area contributed by atoms with Crippen LogP contribution >= 0.6 is 31.9 Å². The molecule has 2 heterocycles. The average molecular weight is 489 g/mol. The number of halogens is 2. The van der Waals surface area contributed by atoms with Crippen LogP contribution in [0.4, 0.5) is 0 Å². The summed E-state index contributed by atoms with van der Waals surface area (Å²) in [7, 11) is 0. The molecule has 138 valence electrons. The molecule has 4 aromatic rings. The lowest BCUT2D eigenvalue weighted by atomic mass is 10.2. The highest BCUT2D eigenvalue weighted by atomic mass is 79.9. The summed E-state index contributed by atoms with van der Waals surface area (Å²) < 4.78 is 8.02. The third-order valence-corrected chi connectivity index (χ3v) is 5.51. The molecule has 0 radical (unpaired) electrons. The Labute approximate surface area is 174 Å². The van der Waals surface area contributed by atoms with E-state index in [1.165, 1.54) is 0 Å². The van der Waals surface area contributed by atoms with Crippen LogP contribution in [0.3, 0.4) is 0 Å². The van der Waals surface area contributed by atoms with Crippen LogP contribution in [0, 0.1) is 0 Å². The van der Waals surface area contributed by atoms with E-state index in [9.17, 15) is 0 Å². The van der Waals surface area contributed by atoms with E-state index in [1.807, 2.05) is 48.5 Å². The van der Waals surface area contributed by atoms with Gasteiger partial charge in [-0.25, -0.2) is 4.98 Å². The minimum Gasteiger partial charge on any atom is -0.460 e. The Morgan fingerprint density at radius 2 is 1.93 bits per heavy atom. The zero-order chi connectivity index (χ0) is 18.6. The first-order valence-electron chi connectivity index (χ1n) is 8.87. The maximum Gasteiger partial charge on any atom is 0.135 e. The highest BCUT2D eigenvalue weighted by Gasteiger charge is 2.09. The molecule has 0 aliphatic heterocycles. The molecule has 0 spiro atoms. The van der Waals surface area contributed by atoms with Crippen LogP contribution in [-0.2, 0) is 13.0 Å². The summed E-state index contributed by atoms with van der Waals surface area (Å²) in [5.41, 5.74) is 3.18. The number of hydrogen-bond donors (Lipinski definition) is 2. The van der Waals surface area contributed by atoms with Crippen molar-refractivity contribution in [2.24, 2.45) is 0 Å². The average Bonchev–Trinajstić information content (AvgIpc) is 3.28. The standard InChI is InChI=1S/C21H19Br2N3O/c22-14-7-9-16(17(23)12-14)20-10-8-15(27-20)13-24-11-3-6-21-25-18-4-1-2-5-19(18)26-21/h1-2,4-5,7-10,12,24H,3,6,11,13H2,(H,25,26). The molecule has 0 aliphatic carbocycles. The van der Waals surface area contributed by atoms with E-state index >= 15 is 0 Å². The van der Waals surface area contributed by atoms with Crippen LogP contribution in [-0.4, -0.2) is 16.5 Å². The van der Waals surface area contributed by atoms with Gasteiger partial charge in [0.25, 0.3) is 0 Å². The van der Waals surface area contributed by atoms with Crippen LogP contribution in [0.25, 0.3) is 22.4 Å². The summed E-state index contributed by atoms with van der Waals surface area (Å²) in [4.78, 5) is 7.98. The number of benzene rings is 2. The molecule has 4 rings (SSSR count). The van der Waals surface area contributed by atoms with Gasteiger partial charge in [0.05, 0.1) is 17.6 Å². The summed E-state index contributed by atoms with van der Waals surface area (Å²) in [6, 6.07) is 18.2. The van der Waals surface area contributed by atoms with Gasteiger partial charge in [0.2, 0.25) is 0 Å². The lowest BCUT2D eigenvalue weighted by molar-refractivity contribution is 0.490. The minimum absolute atomic E-state index is 0.717. The predicted octanol–water partition coefficient (Wildman–Crippen LogP) is 6.07. The molecule has 4 nitrogen and oxygen atoms in total. The maximum absolute atomic E-state index is 5.97. The molecule has 0 atom stereocenters. The van der Waals surface area contributed by atoms with Gasteiger partial charge in [0, 0.05) is 20.9 Å². The van der Waals surface area contributed by atoms with Gasteiger partial charge in [0.1, 0.15) is 17.3 Å². The van der Waals surface area contributed by atoms with Crippen molar-refractivity contribution in [1.82, 2.24) is 15.3 Å². The predicted molar refractivity (Wildman–Crippen MR) is 116 cm³/mol. The van der Waals surface area contributed by atoms with Gasteiger partial charge in [0.15, 0.2) is 0 Å². The smallest absolute Gasteiger partial charge is 0.135 e. The van der Waals surface area contributed by atoms with Gasteiger partial charge < -0.3 is 14.7 Å². The second kappa shape index (κ2) is 8.42. The summed E-state index contributed by atoms with van der Waals surface area (Å²) in [6.45, 7) is 1.63. The summed E-state index contributed by atoms with van der Waals surface area (Å²) >= 11 is 7.06. The van der Waals surface area contributed by atoms with E-state index in [-0.39, 0.29) is 0 Å². The highest BCUT2D eigenvalue weighted by Crippen LogP contribution is 2.31. The number of hydrogen-bond acceptors (Lipinski definition) is 3. The molecule has 0 bridgehead atoms. The molecule has 2 aromatic carbocycles. The van der Waals surface area contributed by atoms with Gasteiger partial charge in [-0.05, 0) is 71.4 Å². The molecule has 6 heteroatoms. The number of nitrogens with one attached hydrogen (secondary N) is 2. The second-order valence-corrected chi connectivity index (χ2v) is 8.14. The molecule has 27 heavy (non-hydrogen) atoms. The maximum atomic E-state index is 5.97. The Bertz CT molecular complexity index is 1020. The Morgan fingerprint density at radius 1 is 1.04 bits per heavy atom. The van der Waals surface area contributed by atoms with E-state index in [0.717, 1.165) is 62.3 Å². The van der Waals surface area contributed by atoms with Crippen molar-refractivity contribution in [3.63, 3.8) is 0 Å². The largest absolute Gasteiger partial charge is 0.460 e. The molecular formula is C21H19Br2N3O. The van der Waals surface area contributed by atoms with Crippen molar-refractivity contribution >= 4 is 42.9 Å². The number of rotatable bonds is 7. The van der Waals surface area contributed by atoms with Gasteiger partial charge in [-0.3, -0.25) is 0 Å². The summed E-state index contributed by atoms with van der Waals surface area (Å²) in [5.74, 6) is 2.84. The fraction of sp³-hybridized carbons (Fsp3) is 0.190. The van der Waals surface area contributed by atoms with Crippen LogP contribution in [0.1, 0.15) is 18.0 Å². The number of furan rings is 1. The first kappa shape index (κ1) is 18.5. The molecule has 0 aliphatic rings. The fourth-order valence-electron chi connectivity index (χ4n) is 3.02. The third kappa shape index (κ3) is 4.51. The van der Waals surface area contributed by atoms with Gasteiger partial charge >= 0.3 is 0 Å². The van der Waals surface area contributed by atoms with Crippen molar-refractivity contribution in [2.75, 3.05) is 6.54 Å². The number of imidazole rings is 1. The van der Waals surface area contributed by atoms with Crippen molar-refractivity contribution < 1.29 is 4.42 Å². The number of H-pyrrole nitrogens is 1. The van der Waals surface area contributed by atoms with Crippen molar-refractivity contribution in [1.29, 1.82) is 0 Å². The molecule has 2 N–H and O–H groups in total. The second-order valence-electron chi connectivity index (χ2n) is 6.37. The number of aromatic nitrogens is 2. The molecule has 0 saturated carbocycles. The van der Waals surface area contributed by atoms with E-state index in [0.29, 0.717) is 6.54 Å². The molecular weight excluding hydrogens is 470 g/mol. The summed E-state index contributed by atoms with van der Waals surface area (Å²) in [5, 5.41) is 3.44. The normalized spacial score (nSPS) is 11.3. The minimum atomic E-state index is 0.717. The zero-order valence-corrected chi connectivity index (χ0v) is 17.8. The molecule has 0 unspecified atom stereocenters. The third-order valence-electron chi connectivity index (χ3n) is 4.36. The van der Waals surface area contributed by atoms with Crippen molar-refractivity contribution in [3.05, 3.63) is 75.1 Å². The van der Waals surface area contributed by atoms with Crippen LogP contribution in [0.2, 0.25) is 0 Å². The number of nitrogens with zero attached hydrogens (tertiary/aromatic N) is 1. The quantitative estimate of drug-likeness (QED) is 0.310. The van der Waals surface area contributed by atoms with Gasteiger partial charge in [-0.1, -0.05) is 28.1 Å². The Morgan fingerprint density at radius 3 is 2.78 bits per heavy atom. The molecule has 0 saturated heterocycles. The van der Waals surface area contributed by atoms with Crippen LogP contribution in [0.15, 0.2) is 68.0 Å². The zero-order valence-electron chi connectivity index (χ0n) is 14.6. The van der Waals surface area contributed by atoms with Crippen LogP contribution < -0.4 is 5.32 Å². The fourth-order valence-corrected chi connectivity index (χ4v) is 4.27. The molecule has 0 amide bonds. The topological polar surface area (TPSA) is 53.9 Å². The number of aryl methyl sites for hydroxylation is 1. The first-order chi connectivity index (χ1) is 13.2. The highest BCUT2D eigenvalue weighted by molar-refractivity contribution is 9.11. The van der Waals surface area contributed by atoms with E-state index < -0.39 is 0 Å². The monoisotopic (exact) mass is 487 g/mol. The number of aromatic amines is 1. The Kier molecular flexibility index (Phi) is 5.76. The van der Waals surface area contributed by atoms with E-state index in [4.69, 9.17) is 4.42 Å². The first-order valence-corrected chi connectivity index (χ1v) is 10.5. The SMILES string of the molecule is Brc1ccc(-c2ccc(CNCCCc3nc4ccccc4[nH]3)o2)c(Br)c1. The lowest BCUT2D eigenvalue weighted by Crippen LogP contribution is -2.15. The van der Waals surface area contributed by atoms with Crippen molar-refractivity contribution in [3.8, 4) is 11.3 Å². The number of fused-ring (bicyclic) bond motifs is 1. The summed E-state index contributed by atoms with van der Waals surface area (Å²) in [6.07, 6.45) is 1.95. The lowest BCUT2D eigenvalue weighted by Gasteiger charge is -2.03. The van der Waals surface area contributed by atoms with E-state index in [2.05, 4.69) is 53.2 Å². The van der Waals surface area contributed by atoms with Gasteiger partial charge in [-0.15, -0.1) is 0 Å². The van der Waals surface area contributed by atoms with Gasteiger partial charge in [-0.2, -0.15) is 0 Å². The number of para-hydroxylation sites is 2. The molecule has 2 aromatic heterocycles. The Balaban J connectivity index is 1.26. The molecule has 0 fully saturated rings.